The van der Waals surface area contributed by atoms with Crippen LogP contribution >= 0.6 is 11.3 Å². The van der Waals surface area contributed by atoms with Crippen molar-refractivity contribution in [2.45, 2.75) is 71.2 Å². The van der Waals surface area contributed by atoms with Crippen LogP contribution in [-0.2, 0) is 32.8 Å². The van der Waals surface area contributed by atoms with E-state index in [1.54, 1.807) is 6.92 Å². The van der Waals surface area contributed by atoms with Gasteiger partial charge in [0, 0.05) is 13.2 Å². The first kappa shape index (κ1) is 28.0. The monoisotopic (exact) mass is 567 g/mol. The van der Waals surface area contributed by atoms with Crippen LogP contribution in [0.2, 0.25) is 0 Å². The van der Waals surface area contributed by atoms with E-state index in [1.807, 2.05) is 24.3 Å². The summed E-state index contributed by atoms with van der Waals surface area (Å²) < 4.78 is 20.1. The van der Waals surface area contributed by atoms with E-state index in [0.717, 1.165) is 35.0 Å². The molecule has 1 fully saturated rings. The molecule has 0 aliphatic carbocycles. The lowest BCUT2D eigenvalue weighted by Gasteiger charge is -2.30. The minimum absolute atomic E-state index is 0.0656. The average molecular weight is 568 g/mol. The zero-order chi connectivity index (χ0) is 28.6. The van der Waals surface area contributed by atoms with E-state index in [2.05, 4.69) is 11.9 Å². The molecule has 40 heavy (non-hydrogen) atoms. The molecule has 5 rings (SSSR count). The Bertz CT molecular complexity index is 1640. The number of carboxylic acids is 1. The van der Waals surface area contributed by atoms with Crippen LogP contribution in [0, 0.1) is 6.92 Å². The Morgan fingerprint density at radius 1 is 1.25 bits per heavy atom. The van der Waals surface area contributed by atoms with E-state index >= 15 is 0 Å². The highest BCUT2D eigenvalue weighted by Gasteiger charge is 2.36. The number of hydrogen-bond donors (Lipinski definition) is 1. The smallest absolute Gasteiger partial charge is 0.333 e. The first-order valence-corrected chi connectivity index (χ1v) is 14.2. The number of aliphatic carboxylic acids is 1. The molecule has 4 heterocycles. The topological polar surface area (TPSA) is 126 Å². The quantitative estimate of drug-likeness (QED) is 0.313. The van der Waals surface area contributed by atoms with Crippen LogP contribution in [0.5, 0.6) is 0 Å². The summed E-state index contributed by atoms with van der Waals surface area (Å²) >= 11 is 1.23. The molecule has 1 aromatic carbocycles. The van der Waals surface area contributed by atoms with Crippen molar-refractivity contribution < 1.29 is 23.8 Å². The number of nitrogens with zero attached hydrogens (tertiary/aromatic N) is 3. The summed E-state index contributed by atoms with van der Waals surface area (Å²) in [5, 5.41) is 10.3. The molecule has 1 N–H and O–H groups in total. The van der Waals surface area contributed by atoms with Gasteiger partial charge in [-0.05, 0) is 56.7 Å². The van der Waals surface area contributed by atoms with E-state index in [4.69, 9.17) is 13.9 Å². The molecule has 1 saturated heterocycles. The Hall–Kier alpha value is -3.54. The van der Waals surface area contributed by atoms with Crippen molar-refractivity contribution >= 4 is 27.5 Å². The molecular formula is C29H33N3O7S. The minimum Gasteiger partial charge on any atom is -0.480 e. The van der Waals surface area contributed by atoms with Gasteiger partial charge in [-0.15, -0.1) is 11.3 Å². The standard InChI is InChI=1S/C29H33N3O7S/c1-5-18-8-6-7-9-20(18)21(39-19-10-13-37-14-11-19)16-31-26-22(17(2)23(40-26)24-30-12-15-38-24)25(33)32(28(31)36)29(3,4)27(34)35/h6-9,12,15,19,21H,5,10-11,13-14,16H2,1-4H3,(H,34,35)/t21-/m1/s1. The summed E-state index contributed by atoms with van der Waals surface area (Å²) in [6.45, 7) is 7.81. The first-order valence-electron chi connectivity index (χ1n) is 13.4. The van der Waals surface area contributed by atoms with Gasteiger partial charge >= 0.3 is 11.7 Å². The van der Waals surface area contributed by atoms with Crippen molar-refractivity contribution in [2.75, 3.05) is 13.2 Å². The van der Waals surface area contributed by atoms with Crippen molar-refractivity contribution in [1.29, 1.82) is 0 Å². The maximum absolute atomic E-state index is 14.1. The highest BCUT2D eigenvalue weighted by Crippen LogP contribution is 2.37. The van der Waals surface area contributed by atoms with E-state index in [-0.39, 0.29) is 18.0 Å². The summed E-state index contributed by atoms with van der Waals surface area (Å²) in [5.74, 6) is -0.961. The van der Waals surface area contributed by atoms with Gasteiger partial charge in [-0.25, -0.2) is 19.1 Å². The van der Waals surface area contributed by atoms with E-state index in [9.17, 15) is 19.5 Å². The Labute approximate surface area is 234 Å². The summed E-state index contributed by atoms with van der Waals surface area (Å²) in [7, 11) is 0. The van der Waals surface area contributed by atoms with Crippen molar-refractivity contribution in [3.05, 3.63) is 74.3 Å². The molecule has 0 radical (unpaired) electrons. The number of benzene rings is 1. The molecule has 1 atom stereocenters. The van der Waals surface area contributed by atoms with Crippen molar-refractivity contribution in [2.24, 2.45) is 0 Å². The van der Waals surface area contributed by atoms with Crippen LogP contribution in [0.15, 0.2) is 50.7 Å². The Balaban J connectivity index is 1.76. The molecule has 4 aromatic rings. The Kier molecular flexibility index (Phi) is 7.80. The fraction of sp³-hybridized carbons (Fsp3) is 0.448. The fourth-order valence-electron chi connectivity index (χ4n) is 5.23. The second kappa shape index (κ2) is 11.1. The minimum atomic E-state index is -1.79. The highest BCUT2D eigenvalue weighted by atomic mass is 32.1. The third-order valence-corrected chi connectivity index (χ3v) is 8.88. The summed E-state index contributed by atoms with van der Waals surface area (Å²) in [4.78, 5) is 45.5. The van der Waals surface area contributed by atoms with Gasteiger partial charge in [-0.2, -0.15) is 0 Å². The average Bonchev–Trinajstić information content (AvgIpc) is 3.59. The lowest BCUT2D eigenvalue weighted by Crippen LogP contribution is -2.52. The predicted octanol–water partition coefficient (Wildman–Crippen LogP) is 4.51. The summed E-state index contributed by atoms with van der Waals surface area (Å²) in [6, 6.07) is 7.95. The van der Waals surface area contributed by atoms with Crippen LogP contribution in [-0.4, -0.2) is 44.5 Å². The molecular weight excluding hydrogens is 534 g/mol. The largest absolute Gasteiger partial charge is 0.480 e. The molecule has 0 spiro atoms. The molecule has 11 heteroatoms. The van der Waals surface area contributed by atoms with Crippen LogP contribution in [0.25, 0.3) is 21.0 Å². The third-order valence-electron chi connectivity index (χ3n) is 7.58. The maximum Gasteiger partial charge on any atom is 0.333 e. The molecule has 0 amide bonds. The van der Waals surface area contributed by atoms with Gasteiger partial charge < -0.3 is 19.0 Å². The van der Waals surface area contributed by atoms with Crippen LogP contribution < -0.4 is 11.2 Å². The van der Waals surface area contributed by atoms with E-state index < -0.39 is 28.9 Å². The molecule has 3 aromatic heterocycles. The Morgan fingerprint density at radius 3 is 2.62 bits per heavy atom. The lowest BCUT2D eigenvalue weighted by atomic mass is 9.99. The van der Waals surface area contributed by atoms with Crippen LogP contribution in [0.4, 0.5) is 0 Å². The molecule has 0 saturated carbocycles. The van der Waals surface area contributed by atoms with E-state index in [0.29, 0.717) is 34.4 Å². The van der Waals surface area contributed by atoms with Crippen molar-refractivity contribution in [3.8, 4) is 10.8 Å². The van der Waals surface area contributed by atoms with E-state index in [1.165, 1.54) is 42.2 Å². The SMILES string of the molecule is CCc1ccccc1[C@@H](Cn1c(=O)n(C(C)(C)C(=O)O)c(=O)c2c(C)c(-c3ncco3)sc21)OC1CCOCC1. The van der Waals surface area contributed by atoms with Gasteiger partial charge in [-0.1, -0.05) is 31.2 Å². The zero-order valence-corrected chi connectivity index (χ0v) is 23.8. The van der Waals surface area contributed by atoms with Gasteiger partial charge in [0.15, 0.2) is 0 Å². The normalized spacial score (nSPS) is 15.5. The van der Waals surface area contributed by atoms with Gasteiger partial charge in [0.1, 0.15) is 22.7 Å². The van der Waals surface area contributed by atoms with Gasteiger partial charge in [0.05, 0.1) is 29.1 Å². The fourth-order valence-corrected chi connectivity index (χ4v) is 6.47. The number of ether oxygens (including phenoxy) is 2. The molecule has 0 bridgehead atoms. The molecule has 1 aliphatic rings. The number of fused-ring (bicyclic) bond motifs is 1. The summed E-state index contributed by atoms with van der Waals surface area (Å²) in [6.07, 6.45) is 4.59. The number of rotatable bonds is 9. The number of oxazole rings is 1. The van der Waals surface area contributed by atoms with Crippen molar-refractivity contribution in [1.82, 2.24) is 14.1 Å². The molecule has 0 unspecified atom stereocenters. The van der Waals surface area contributed by atoms with Crippen molar-refractivity contribution in [3.63, 3.8) is 0 Å². The third kappa shape index (κ3) is 4.93. The van der Waals surface area contributed by atoms with Crippen LogP contribution in [0.3, 0.4) is 0 Å². The number of carboxylic acid groups (broad SMARTS) is 1. The second-order valence-electron chi connectivity index (χ2n) is 10.5. The number of aryl methyl sites for hydroxylation is 2. The highest BCUT2D eigenvalue weighted by molar-refractivity contribution is 7.22. The number of thiophene rings is 1. The second-order valence-corrected chi connectivity index (χ2v) is 11.5. The van der Waals surface area contributed by atoms with Crippen LogP contribution in [0.1, 0.15) is 56.4 Å². The first-order chi connectivity index (χ1) is 19.1. The molecule has 212 valence electrons. The predicted molar refractivity (Wildman–Crippen MR) is 151 cm³/mol. The van der Waals surface area contributed by atoms with Gasteiger partial charge in [-0.3, -0.25) is 9.36 Å². The number of aromatic nitrogens is 3. The zero-order valence-electron chi connectivity index (χ0n) is 23.0. The molecule has 10 nitrogen and oxygen atoms in total. The lowest BCUT2D eigenvalue weighted by molar-refractivity contribution is -0.146. The van der Waals surface area contributed by atoms with Gasteiger partial charge in [0.2, 0.25) is 5.89 Å². The summed E-state index contributed by atoms with van der Waals surface area (Å²) in [5.41, 5.74) is -0.545. The maximum atomic E-state index is 14.1. The number of hydrogen-bond acceptors (Lipinski definition) is 8. The molecule has 1 aliphatic heterocycles. The number of carbonyl (C=O) groups is 1. The van der Waals surface area contributed by atoms with Gasteiger partial charge in [0.25, 0.3) is 5.56 Å². The Morgan fingerprint density at radius 2 is 1.98 bits per heavy atom.